The smallest absolute Gasteiger partial charge is 0.119 e. The monoisotopic (exact) mass is 336 g/mol. The molecule has 0 radical (unpaired) electrons. The molecular formula is C23H28O2. The Bertz CT molecular complexity index is 688. The fourth-order valence-electron chi connectivity index (χ4n) is 3.39. The molecule has 0 bridgehead atoms. The molecule has 0 aromatic heterocycles. The van der Waals surface area contributed by atoms with Crippen molar-refractivity contribution in [1.29, 1.82) is 0 Å². The van der Waals surface area contributed by atoms with Crippen molar-refractivity contribution in [2.45, 2.75) is 44.9 Å². The van der Waals surface area contributed by atoms with E-state index in [4.69, 9.17) is 9.84 Å². The third-order valence-electron chi connectivity index (χ3n) is 4.81. The van der Waals surface area contributed by atoms with Gasteiger partial charge in [-0.15, -0.1) is 0 Å². The Balaban J connectivity index is 1.67. The molecule has 0 aliphatic heterocycles. The first-order valence-electron chi connectivity index (χ1n) is 9.49. The largest absolute Gasteiger partial charge is 0.494 e. The number of benzene rings is 2. The van der Waals surface area contributed by atoms with Crippen LogP contribution in [0.5, 0.6) is 5.75 Å². The van der Waals surface area contributed by atoms with Crippen LogP contribution >= 0.6 is 0 Å². The Morgan fingerprint density at radius 2 is 1.72 bits per heavy atom. The van der Waals surface area contributed by atoms with Crippen LogP contribution in [0.4, 0.5) is 0 Å². The molecule has 1 aliphatic rings. The Labute approximate surface area is 151 Å². The van der Waals surface area contributed by atoms with Crippen LogP contribution in [0, 0.1) is 0 Å². The first kappa shape index (κ1) is 17.8. The fourth-order valence-corrected chi connectivity index (χ4v) is 3.39. The van der Waals surface area contributed by atoms with E-state index in [9.17, 15) is 0 Å². The molecule has 2 aromatic rings. The van der Waals surface area contributed by atoms with E-state index in [1.54, 1.807) is 0 Å². The van der Waals surface area contributed by atoms with Crippen LogP contribution in [0.2, 0.25) is 0 Å². The van der Waals surface area contributed by atoms with Crippen molar-refractivity contribution in [3.63, 3.8) is 0 Å². The minimum Gasteiger partial charge on any atom is -0.494 e. The second-order valence-corrected chi connectivity index (χ2v) is 6.74. The van der Waals surface area contributed by atoms with Gasteiger partial charge in [-0.25, -0.2) is 0 Å². The fraction of sp³-hybridized carbons (Fsp3) is 0.391. The highest BCUT2D eigenvalue weighted by Crippen LogP contribution is 2.31. The second-order valence-electron chi connectivity index (χ2n) is 6.74. The van der Waals surface area contributed by atoms with Gasteiger partial charge in [-0.1, -0.05) is 48.9 Å². The lowest BCUT2D eigenvalue weighted by molar-refractivity contribution is 0.273. The van der Waals surface area contributed by atoms with E-state index < -0.39 is 0 Å². The predicted molar refractivity (Wildman–Crippen MR) is 105 cm³/mol. The van der Waals surface area contributed by atoms with Crippen LogP contribution in [0.1, 0.15) is 55.2 Å². The summed E-state index contributed by atoms with van der Waals surface area (Å²) in [7, 11) is 0. The van der Waals surface area contributed by atoms with Gasteiger partial charge < -0.3 is 9.84 Å². The van der Waals surface area contributed by atoms with Crippen LogP contribution in [0.3, 0.4) is 0 Å². The number of fused-ring (bicyclic) bond motifs is 1. The topological polar surface area (TPSA) is 29.5 Å². The van der Waals surface area contributed by atoms with Crippen LogP contribution in [-0.2, 0) is 6.42 Å². The minimum absolute atomic E-state index is 0.293. The quantitative estimate of drug-likeness (QED) is 0.645. The van der Waals surface area contributed by atoms with E-state index in [2.05, 4.69) is 54.6 Å². The highest BCUT2D eigenvalue weighted by Gasteiger charge is 2.11. The molecule has 2 aromatic carbocycles. The zero-order chi connectivity index (χ0) is 17.3. The van der Waals surface area contributed by atoms with Gasteiger partial charge in [0.05, 0.1) is 6.61 Å². The number of aliphatic hydroxyl groups is 1. The number of aryl methyl sites for hydroxylation is 1. The molecule has 2 heteroatoms. The lowest BCUT2D eigenvalue weighted by Gasteiger charge is -2.10. The number of unbranched alkanes of at least 4 members (excludes halogenated alkanes) is 3. The zero-order valence-corrected chi connectivity index (χ0v) is 14.9. The molecule has 0 amide bonds. The van der Waals surface area contributed by atoms with Crippen molar-refractivity contribution >= 4 is 11.6 Å². The summed E-state index contributed by atoms with van der Waals surface area (Å²) in [5.74, 6) is 0.964. The van der Waals surface area contributed by atoms with Gasteiger partial charge in [-0.2, -0.15) is 0 Å². The van der Waals surface area contributed by atoms with Crippen LogP contribution in [0.25, 0.3) is 11.6 Å². The van der Waals surface area contributed by atoms with Gasteiger partial charge in [0.1, 0.15) is 5.75 Å². The molecule has 0 spiro atoms. The highest BCUT2D eigenvalue weighted by atomic mass is 16.5. The van der Waals surface area contributed by atoms with Crippen molar-refractivity contribution < 1.29 is 9.84 Å². The summed E-state index contributed by atoms with van der Waals surface area (Å²) < 4.78 is 5.94. The van der Waals surface area contributed by atoms with Crippen molar-refractivity contribution in [2.24, 2.45) is 0 Å². The van der Waals surface area contributed by atoms with Gasteiger partial charge in [0.2, 0.25) is 0 Å². The molecule has 1 aliphatic carbocycles. The number of allylic oxidation sites excluding steroid dienone is 1. The van der Waals surface area contributed by atoms with E-state index in [0.717, 1.165) is 50.9 Å². The summed E-state index contributed by atoms with van der Waals surface area (Å²) in [6.45, 7) is 1.04. The highest BCUT2D eigenvalue weighted by molar-refractivity contribution is 5.83. The zero-order valence-electron chi connectivity index (χ0n) is 14.9. The molecule has 0 fully saturated rings. The lowest BCUT2D eigenvalue weighted by Crippen LogP contribution is -1.98. The maximum atomic E-state index is 8.80. The van der Waals surface area contributed by atoms with Crippen LogP contribution in [-0.4, -0.2) is 18.3 Å². The van der Waals surface area contributed by atoms with Gasteiger partial charge in [0.25, 0.3) is 0 Å². The Hall–Kier alpha value is -2.06. The van der Waals surface area contributed by atoms with Crippen molar-refractivity contribution in [3.8, 4) is 5.75 Å². The molecule has 0 heterocycles. The minimum atomic E-state index is 0.293. The Morgan fingerprint density at radius 3 is 2.56 bits per heavy atom. The van der Waals surface area contributed by atoms with Crippen molar-refractivity contribution in [2.75, 3.05) is 13.2 Å². The summed E-state index contributed by atoms with van der Waals surface area (Å²) >= 11 is 0. The van der Waals surface area contributed by atoms with Crippen LogP contribution < -0.4 is 4.74 Å². The maximum absolute atomic E-state index is 8.80. The number of rotatable bonds is 8. The maximum Gasteiger partial charge on any atom is 0.119 e. The normalized spacial score (nSPS) is 13.7. The van der Waals surface area contributed by atoms with Gasteiger partial charge >= 0.3 is 0 Å². The van der Waals surface area contributed by atoms with Gasteiger partial charge in [-0.05, 0) is 72.9 Å². The third kappa shape index (κ3) is 5.20. The van der Waals surface area contributed by atoms with Gasteiger partial charge in [-0.3, -0.25) is 0 Å². The summed E-state index contributed by atoms with van der Waals surface area (Å²) in [5.41, 5.74) is 5.46. The molecule has 132 valence electrons. The van der Waals surface area contributed by atoms with Crippen molar-refractivity contribution in [3.05, 3.63) is 65.2 Å². The van der Waals surface area contributed by atoms with Gasteiger partial charge in [0.15, 0.2) is 0 Å². The molecule has 1 N–H and O–H groups in total. The van der Waals surface area contributed by atoms with E-state index in [0.29, 0.717) is 6.61 Å². The second kappa shape index (κ2) is 9.43. The number of aliphatic hydroxyl groups excluding tert-OH is 1. The summed E-state index contributed by atoms with van der Waals surface area (Å²) in [5, 5.41) is 8.80. The Morgan fingerprint density at radius 1 is 0.880 bits per heavy atom. The Kier molecular flexibility index (Phi) is 6.70. The molecule has 0 unspecified atom stereocenters. The number of hydrogen-bond donors (Lipinski definition) is 1. The molecular weight excluding hydrogens is 308 g/mol. The summed E-state index contributed by atoms with van der Waals surface area (Å²) in [6.07, 6.45) is 9.92. The number of hydrogen-bond acceptors (Lipinski definition) is 2. The molecule has 0 saturated heterocycles. The molecule has 0 atom stereocenters. The van der Waals surface area contributed by atoms with E-state index in [1.807, 2.05) is 0 Å². The number of ether oxygens (including phenoxy) is 1. The van der Waals surface area contributed by atoms with E-state index >= 15 is 0 Å². The van der Waals surface area contributed by atoms with Crippen molar-refractivity contribution in [1.82, 2.24) is 0 Å². The predicted octanol–water partition coefficient (Wildman–Crippen LogP) is 5.50. The first-order valence-corrected chi connectivity index (χ1v) is 9.49. The lowest BCUT2D eigenvalue weighted by atomic mass is 10.0. The van der Waals surface area contributed by atoms with E-state index in [1.165, 1.54) is 28.7 Å². The molecule has 25 heavy (non-hydrogen) atoms. The summed E-state index contributed by atoms with van der Waals surface area (Å²) in [4.78, 5) is 0. The molecule has 0 saturated carbocycles. The van der Waals surface area contributed by atoms with Crippen LogP contribution in [0.15, 0.2) is 48.5 Å². The SMILES string of the molecule is OCCCCCCOc1ccc2c(c1)C=C(c1ccccc1)CCC2. The average Bonchev–Trinajstić information content (AvgIpc) is 2.87. The summed E-state index contributed by atoms with van der Waals surface area (Å²) in [6, 6.07) is 17.2. The molecule has 2 nitrogen and oxygen atoms in total. The first-order chi connectivity index (χ1) is 12.4. The molecule has 3 rings (SSSR count). The van der Waals surface area contributed by atoms with E-state index in [-0.39, 0.29) is 0 Å². The van der Waals surface area contributed by atoms with Gasteiger partial charge in [0, 0.05) is 6.61 Å². The average molecular weight is 336 g/mol. The third-order valence-corrected chi connectivity index (χ3v) is 4.81. The standard InChI is InChI=1S/C23H28O2/c24-15-6-1-2-7-16-25-23-14-13-20-11-8-12-21(17-22(20)18-23)19-9-4-3-5-10-19/h3-5,9-10,13-14,17-18,24H,1-2,6-8,11-12,15-16H2.